The Balaban J connectivity index is 1.47. The van der Waals surface area contributed by atoms with Gasteiger partial charge < -0.3 is 14.6 Å². The normalized spacial score (nSPS) is 15.5. The summed E-state index contributed by atoms with van der Waals surface area (Å²) in [7, 11) is 0. The van der Waals surface area contributed by atoms with Gasteiger partial charge in [0.25, 0.3) is 5.91 Å². The van der Waals surface area contributed by atoms with E-state index in [9.17, 15) is 9.59 Å². The second-order valence-corrected chi connectivity index (χ2v) is 6.33. The van der Waals surface area contributed by atoms with E-state index in [0.29, 0.717) is 18.7 Å². The number of rotatable bonds is 4. The maximum Gasteiger partial charge on any atom is 0.257 e. The Labute approximate surface area is 147 Å². The first-order valence-corrected chi connectivity index (χ1v) is 8.48. The third-order valence-corrected chi connectivity index (χ3v) is 4.37. The number of carbonyl (C=O) groups is 2. The minimum absolute atomic E-state index is 0.0159. The number of carbonyl (C=O) groups excluding carboxylic acids is 2. The number of hydrogen-bond acceptors (Lipinski definition) is 3. The smallest absolute Gasteiger partial charge is 0.257 e. The lowest BCUT2D eigenvalue weighted by atomic mass is 10.0. The fourth-order valence-corrected chi connectivity index (χ4v) is 2.99. The van der Waals surface area contributed by atoms with E-state index in [0.717, 1.165) is 24.0 Å². The molecule has 0 aliphatic carbocycles. The molecule has 2 heterocycles. The van der Waals surface area contributed by atoms with Gasteiger partial charge in [0.1, 0.15) is 6.26 Å². The third kappa shape index (κ3) is 4.59. The lowest BCUT2D eigenvalue weighted by molar-refractivity contribution is -0.117. The third-order valence-electron chi connectivity index (χ3n) is 4.37. The van der Waals surface area contributed by atoms with Crippen LogP contribution >= 0.6 is 0 Å². The number of piperidine rings is 1. The lowest BCUT2D eigenvalue weighted by Gasteiger charge is -2.32. The molecule has 1 aromatic heterocycles. The molecular formula is C20H22N2O3. The van der Waals surface area contributed by atoms with Crippen molar-refractivity contribution in [2.75, 3.05) is 13.1 Å². The van der Waals surface area contributed by atoms with Gasteiger partial charge in [0.05, 0.1) is 11.8 Å². The standard InChI is InChI=1S/C20H22N2O3/c1-15-3-2-4-16(13-15)5-6-19(23)21-18-7-10-22(11-8-18)20(24)17-9-12-25-14-17/h2-6,9,12-14,18H,7-8,10-11H2,1H3,(H,21,23)/b6-5-. The van der Waals surface area contributed by atoms with Crippen LogP contribution in [0.3, 0.4) is 0 Å². The van der Waals surface area contributed by atoms with Gasteiger partial charge in [-0.1, -0.05) is 29.8 Å². The molecule has 0 spiro atoms. The summed E-state index contributed by atoms with van der Waals surface area (Å²) >= 11 is 0. The molecule has 0 atom stereocenters. The summed E-state index contributed by atoms with van der Waals surface area (Å²) in [5.41, 5.74) is 2.75. The van der Waals surface area contributed by atoms with Crippen LogP contribution in [0, 0.1) is 6.92 Å². The van der Waals surface area contributed by atoms with Gasteiger partial charge in [-0.2, -0.15) is 0 Å². The second-order valence-electron chi connectivity index (χ2n) is 6.33. The number of nitrogens with one attached hydrogen (secondary N) is 1. The van der Waals surface area contributed by atoms with Crippen LogP contribution < -0.4 is 5.32 Å². The van der Waals surface area contributed by atoms with Gasteiger partial charge in [-0.3, -0.25) is 9.59 Å². The fourth-order valence-electron chi connectivity index (χ4n) is 2.99. The van der Waals surface area contributed by atoms with Gasteiger partial charge in [0.2, 0.25) is 5.91 Å². The lowest BCUT2D eigenvalue weighted by Crippen LogP contribution is -2.46. The van der Waals surface area contributed by atoms with Crippen LogP contribution in [0.2, 0.25) is 0 Å². The molecule has 1 aliphatic rings. The van der Waals surface area contributed by atoms with Gasteiger partial charge in [-0.15, -0.1) is 0 Å². The van der Waals surface area contributed by atoms with E-state index in [4.69, 9.17) is 4.42 Å². The number of aryl methyl sites for hydroxylation is 1. The molecule has 1 aromatic carbocycles. The van der Waals surface area contributed by atoms with Crippen molar-refractivity contribution >= 4 is 17.9 Å². The Morgan fingerprint density at radius 3 is 2.72 bits per heavy atom. The zero-order valence-corrected chi connectivity index (χ0v) is 14.3. The first-order chi connectivity index (χ1) is 12.1. The summed E-state index contributed by atoms with van der Waals surface area (Å²) < 4.78 is 4.96. The topological polar surface area (TPSA) is 62.6 Å². The molecule has 0 unspecified atom stereocenters. The summed E-state index contributed by atoms with van der Waals surface area (Å²) in [6.07, 6.45) is 7.87. The van der Waals surface area contributed by atoms with Crippen LogP contribution in [-0.4, -0.2) is 35.8 Å². The molecule has 1 saturated heterocycles. The molecule has 25 heavy (non-hydrogen) atoms. The maximum absolute atomic E-state index is 12.2. The summed E-state index contributed by atoms with van der Waals surface area (Å²) in [6, 6.07) is 9.77. The molecule has 0 saturated carbocycles. The van der Waals surface area contributed by atoms with Crippen LogP contribution in [0.5, 0.6) is 0 Å². The van der Waals surface area contributed by atoms with Crippen molar-refractivity contribution in [3.05, 3.63) is 65.6 Å². The average Bonchev–Trinajstić information content (AvgIpc) is 3.15. The quantitative estimate of drug-likeness (QED) is 0.872. The molecule has 0 radical (unpaired) electrons. The Bertz CT molecular complexity index is 757. The van der Waals surface area contributed by atoms with Gasteiger partial charge in [-0.25, -0.2) is 0 Å². The van der Waals surface area contributed by atoms with Crippen molar-refractivity contribution < 1.29 is 14.0 Å². The van der Waals surface area contributed by atoms with E-state index in [2.05, 4.69) is 5.32 Å². The van der Waals surface area contributed by atoms with Crippen molar-refractivity contribution in [3.8, 4) is 0 Å². The first kappa shape index (κ1) is 17.0. The highest BCUT2D eigenvalue weighted by molar-refractivity contribution is 5.94. The van der Waals surface area contributed by atoms with Gasteiger partial charge in [0.15, 0.2) is 0 Å². The van der Waals surface area contributed by atoms with Crippen molar-refractivity contribution in [3.63, 3.8) is 0 Å². The maximum atomic E-state index is 12.2. The molecule has 2 amide bonds. The van der Waals surface area contributed by atoms with E-state index in [1.165, 1.54) is 12.5 Å². The van der Waals surface area contributed by atoms with E-state index in [1.807, 2.05) is 37.3 Å². The number of amides is 2. The van der Waals surface area contributed by atoms with Gasteiger partial charge >= 0.3 is 0 Å². The average molecular weight is 338 g/mol. The molecule has 1 N–H and O–H groups in total. The summed E-state index contributed by atoms with van der Waals surface area (Å²) in [5, 5.41) is 3.02. The van der Waals surface area contributed by atoms with Crippen LogP contribution in [0.15, 0.2) is 53.4 Å². The minimum atomic E-state index is -0.0962. The Kier molecular flexibility index (Phi) is 5.33. The fraction of sp³-hybridized carbons (Fsp3) is 0.300. The molecule has 0 bridgehead atoms. The molecule has 5 heteroatoms. The van der Waals surface area contributed by atoms with E-state index in [-0.39, 0.29) is 17.9 Å². The van der Waals surface area contributed by atoms with Crippen LogP contribution in [-0.2, 0) is 4.79 Å². The Morgan fingerprint density at radius 1 is 1.24 bits per heavy atom. The number of benzene rings is 1. The molecule has 5 nitrogen and oxygen atoms in total. The minimum Gasteiger partial charge on any atom is -0.472 e. The monoisotopic (exact) mass is 338 g/mol. The summed E-state index contributed by atoms with van der Waals surface area (Å²) in [4.78, 5) is 26.1. The summed E-state index contributed by atoms with van der Waals surface area (Å²) in [5.74, 6) is -0.112. The van der Waals surface area contributed by atoms with Gasteiger partial charge in [0, 0.05) is 25.2 Å². The molecule has 1 aliphatic heterocycles. The molecule has 1 fully saturated rings. The SMILES string of the molecule is Cc1cccc(/C=C\C(=O)NC2CCN(C(=O)c3ccoc3)CC2)c1. The first-order valence-electron chi connectivity index (χ1n) is 8.48. The highest BCUT2D eigenvalue weighted by Crippen LogP contribution is 2.14. The number of likely N-dealkylation sites (tertiary alicyclic amines) is 1. The number of hydrogen-bond donors (Lipinski definition) is 1. The van der Waals surface area contributed by atoms with Crippen molar-refractivity contribution in [2.24, 2.45) is 0 Å². The highest BCUT2D eigenvalue weighted by Gasteiger charge is 2.24. The summed E-state index contributed by atoms with van der Waals surface area (Å²) in [6.45, 7) is 3.29. The Morgan fingerprint density at radius 2 is 2.04 bits per heavy atom. The van der Waals surface area contributed by atoms with Crippen molar-refractivity contribution in [2.45, 2.75) is 25.8 Å². The number of nitrogens with zero attached hydrogens (tertiary/aromatic N) is 1. The molecule has 3 rings (SSSR count). The van der Waals surface area contributed by atoms with E-state index >= 15 is 0 Å². The predicted molar refractivity (Wildman–Crippen MR) is 96.0 cm³/mol. The van der Waals surface area contributed by atoms with E-state index < -0.39 is 0 Å². The van der Waals surface area contributed by atoms with E-state index in [1.54, 1.807) is 17.0 Å². The molecule has 2 aromatic rings. The molecule has 130 valence electrons. The largest absolute Gasteiger partial charge is 0.472 e. The molecular weight excluding hydrogens is 316 g/mol. The zero-order chi connectivity index (χ0) is 17.6. The van der Waals surface area contributed by atoms with Crippen LogP contribution in [0.1, 0.15) is 34.3 Å². The van der Waals surface area contributed by atoms with Crippen LogP contribution in [0.4, 0.5) is 0 Å². The predicted octanol–water partition coefficient (Wildman–Crippen LogP) is 3.02. The van der Waals surface area contributed by atoms with Gasteiger partial charge in [-0.05, 0) is 37.5 Å². The van der Waals surface area contributed by atoms with Crippen molar-refractivity contribution in [1.82, 2.24) is 10.2 Å². The Hall–Kier alpha value is -2.82. The highest BCUT2D eigenvalue weighted by atomic mass is 16.3. The number of furan rings is 1. The second kappa shape index (κ2) is 7.83. The van der Waals surface area contributed by atoms with Crippen molar-refractivity contribution in [1.29, 1.82) is 0 Å². The zero-order valence-electron chi connectivity index (χ0n) is 14.3. The van der Waals surface area contributed by atoms with Crippen LogP contribution in [0.25, 0.3) is 6.08 Å².